The third-order valence-corrected chi connectivity index (χ3v) is 14.1. The van der Waals surface area contributed by atoms with E-state index in [1.807, 2.05) is 0 Å². The van der Waals surface area contributed by atoms with Gasteiger partial charge in [-0.15, -0.1) is 0 Å². The molecule has 0 heterocycles. The number of hydrogen-bond acceptors (Lipinski definition) is 0. The molecule has 0 unspecified atom stereocenters. The fourth-order valence-corrected chi connectivity index (χ4v) is 11.4. The van der Waals surface area contributed by atoms with E-state index in [0.717, 1.165) is 0 Å². The summed E-state index contributed by atoms with van der Waals surface area (Å²) < 4.78 is 0. The molecule has 65 heavy (non-hydrogen) atoms. The summed E-state index contributed by atoms with van der Waals surface area (Å²) in [5, 5.41) is 2.52. The summed E-state index contributed by atoms with van der Waals surface area (Å²) in [6.07, 6.45) is 0. The summed E-state index contributed by atoms with van der Waals surface area (Å²) >= 11 is 0. The lowest BCUT2D eigenvalue weighted by molar-refractivity contribution is 0.801. The van der Waals surface area contributed by atoms with Crippen LogP contribution in [-0.2, 0) is 5.41 Å². The van der Waals surface area contributed by atoms with Gasteiger partial charge in [-0.05, 0) is 134 Å². The molecule has 11 aromatic carbocycles. The molecule has 0 nitrogen and oxygen atoms in total. The highest BCUT2D eigenvalue weighted by Crippen LogP contribution is 2.65. The monoisotopic (exact) mass is 822 g/mol. The number of rotatable bonds is 6. The lowest BCUT2D eigenvalue weighted by Crippen LogP contribution is -2.26. The average Bonchev–Trinajstić information content (AvgIpc) is 3.86. The van der Waals surface area contributed by atoms with Gasteiger partial charge in [0, 0.05) is 0 Å². The molecule has 0 heteroatoms. The second-order valence-electron chi connectivity index (χ2n) is 17.4. The Labute approximate surface area is 380 Å². The maximum atomic E-state index is 2.55. The molecule has 0 aliphatic heterocycles. The predicted octanol–water partition coefficient (Wildman–Crippen LogP) is 17.2. The van der Waals surface area contributed by atoms with Crippen LogP contribution in [0.15, 0.2) is 255 Å². The molecule has 0 saturated heterocycles. The van der Waals surface area contributed by atoms with E-state index >= 15 is 0 Å². The second-order valence-corrected chi connectivity index (χ2v) is 17.4. The van der Waals surface area contributed by atoms with Crippen molar-refractivity contribution in [2.45, 2.75) is 5.41 Å². The summed E-state index contributed by atoms with van der Waals surface area (Å²) in [5.41, 5.74) is 24.7. The minimum Gasteiger partial charge on any atom is -0.0622 e. The SMILES string of the molecule is c1ccc(-c2cccc(-c3ccccc3)c2-c2ccc3c(c2)C2(c4ccccc4-c4ccccc42)c2c-3ccc3cc(-c4c(-c5ccccc5)cccc4-c4ccccc4)ccc23)cc1. The summed E-state index contributed by atoms with van der Waals surface area (Å²) in [4.78, 5) is 0. The van der Waals surface area contributed by atoms with Crippen LogP contribution < -0.4 is 0 Å². The summed E-state index contributed by atoms with van der Waals surface area (Å²) in [6, 6.07) is 94.7. The summed E-state index contributed by atoms with van der Waals surface area (Å²) in [7, 11) is 0. The van der Waals surface area contributed by atoms with E-state index < -0.39 is 5.41 Å². The Bertz CT molecular complexity index is 3460. The maximum Gasteiger partial charge on any atom is 0.0731 e. The van der Waals surface area contributed by atoms with Crippen molar-refractivity contribution in [1.82, 2.24) is 0 Å². The molecular weight excluding hydrogens is 781 g/mol. The van der Waals surface area contributed by atoms with Crippen LogP contribution in [0.1, 0.15) is 22.3 Å². The summed E-state index contributed by atoms with van der Waals surface area (Å²) in [5.74, 6) is 0. The van der Waals surface area contributed by atoms with Gasteiger partial charge in [-0.3, -0.25) is 0 Å². The molecule has 2 aliphatic carbocycles. The fourth-order valence-electron chi connectivity index (χ4n) is 11.4. The fraction of sp³-hybridized carbons (Fsp3) is 0.0154. The standard InChI is InChI=1S/C65H42/c1-5-19-43(20-6-1)50-29-17-30-51(44-21-7-2-8-22-44)62(50)48-36-38-54-47(41-48)35-40-58-57-39-37-49(63-52(45-23-9-3-10-24-45)31-18-32-53(63)46-25-11-4-12-26-46)42-61(57)65(64(54)58)59-33-15-13-27-55(59)56-28-14-16-34-60(56)65/h1-42H. The normalized spacial score (nSPS) is 12.7. The van der Waals surface area contributed by atoms with Gasteiger partial charge < -0.3 is 0 Å². The van der Waals surface area contributed by atoms with Gasteiger partial charge >= 0.3 is 0 Å². The van der Waals surface area contributed by atoms with Crippen LogP contribution >= 0.6 is 0 Å². The third-order valence-electron chi connectivity index (χ3n) is 14.1. The predicted molar refractivity (Wildman–Crippen MR) is 273 cm³/mol. The molecule has 2 aliphatic rings. The van der Waals surface area contributed by atoms with Crippen molar-refractivity contribution in [2.75, 3.05) is 0 Å². The van der Waals surface area contributed by atoms with E-state index in [1.54, 1.807) is 0 Å². The van der Waals surface area contributed by atoms with Crippen LogP contribution in [0.3, 0.4) is 0 Å². The van der Waals surface area contributed by atoms with Crippen molar-refractivity contribution in [3.05, 3.63) is 277 Å². The zero-order chi connectivity index (χ0) is 42.9. The minimum atomic E-state index is -0.541. The Morgan fingerprint density at radius 1 is 0.215 bits per heavy atom. The second kappa shape index (κ2) is 14.9. The smallest absolute Gasteiger partial charge is 0.0622 e. The van der Waals surface area contributed by atoms with Gasteiger partial charge in [-0.2, -0.15) is 0 Å². The molecule has 13 rings (SSSR count). The Hall–Kier alpha value is -8.32. The minimum absolute atomic E-state index is 0.541. The molecule has 0 radical (unpaired) electrons. The molecule has 0 saturated carbocycles. The first-order chi connectivity index (χ1) is 32.3. The Balaban J connectivity index is 1.09. The van der Waals surface area contributed by atoms with E-state index in [4.69, 9.17) is 0 Å². The lowest BCUT2D eigenvalue weighted by Gasteiger charge is -2.32. The summed E-state index contributed by atoms with van der Waals surface area (Å²) in [6.45, 7) is 0. The van der Waals surface area contributed by atoms with Crippen LogP contribution in [0, 0.1) is 0 Å². The molecule has 0 N–H and O–H groups in total. The highest BCUT2D eigenvalue weighted by atomic mass is 14.5. The molecule has 0 bridgehead atoms. The zero-order valence-corrected chi connectivity index (χ0v) is 35.7. The molecule has 0 fully saturated rings. The van der Waals surface area contributed by atoms with Gasteiger partial charge in [0.25, 0.3) is 0 Å². The van der Waals surface area contributed by atoms with Crippen molar-refractivity contribution >= 4 is 10.8 Å². The van der Waals surface area contributed by atoms with Gasteiger partial charge in [-0.25, -0.2) is 0 Å². The molecule has 0 aromatic heterocycles. The van der Waals surface area contributed by atoms with Crippen molar-refractivity contribution in [1.29, 1.82) is 0 Å². The van der Waals surface area contributed by atoms with Crippen LogP contribution in [0.25, 0.3) is 99.8 Å². The van der Waals surface area contributed by atoms with Gasteiger partial charge in [-0.1, -0.05) is 243 Å². The molecule has 1 spiro atoms. The first kappa shape index (κ1) is 37.3. The molecule has 0 atom stereocenters. The zero-order valence-electron chi connectivity index (χ0n) is 35.7. The largest absolute Gasteiger partial charge is 0.0731 e. The van der Waals surface area contributed by atoms with Crippen LogP contribution in [0.5, 0.6) is 0 Å². The van der Waals surface area contributed by atoms with Gasteiger partial charge in [0.2, 0.25) is 0 Å². The van der Waals surface area contributed by atoms with E-state index in [-0.39, 0.29) is 0 Å². The number of hydrogen-bond donors (Lipinski definition) is 0. The van der Waals surface area contributed by atoms with Crippen LogP contribution in [-0.4, -0.2) is 0 Å². The third kappa shape index (κ3) is 5.64. The lowest BCUT2D eigenvalue weighted by atomic mass is 9.69. The number of benzene rings is 11. The quantitative estimate of drug-likeness (QED) is 0.157. The first-order valence-electron chi connectivity index (χ1n) is 22.7. The Morgan fingerprint density at radius 3 is 1.06 bits per heavy atom. The van der Waals surface area contributed by atoms with Gasteiger partial charge in [0.1, 0.15) is 0 Å². The van der Waals surface area contributed by atoms with Gasteiger partial charge in [0.05, 0.1) is 5.41 Å². The Morgan fingerprint density at radius 2 is 0.585 bits per heavy atom. The topological polar surface area (TPSA) is 0 Å². The molecule has 302 valence electrons. The molecule has 11 aromatic rings. The van der Waals surface area contributed by atoms with Crippen molar-refractivity contribution in [3.8, 4) is 89.0 Å². The van der Waals surface area contributed by atoms with E-state index in [9.17, 15) is 0 Å². The molecule has 0 amide bonds. The maximum absolute atomic E-state index is 2.55. The number of fused-ring (bicyclic) bond motifs is 12. The van der Waals surface area contributed by atoms with E-state index in [0.29, 0.717) is 0 Å². The van der Waals surface area contributed by atoms with Crippen molar-refractivity contribution in [2.24, 2.45) is 0 Å². The van der Waals surface area contributed by atoms with Crippen LogP contribution in [0.2, 0.25) is 0 Å². The van der Waals surface area contributed by atoms with Crippen molar-refractivity contribution in [3.63, 3.8) is 0 Å². The Kier molecular flexibility index (Phi) is 8.54. The average molecular weight is 823 g/mol. The van der Waals surface area contributed by atoms with Crippen LogP contribution in [0.4, 0.5) is 0 Å². The highest BCUT2D eigenvalue weighted by molar-refractivity contribution is 6.07. The van der Waals surface area contributed by atoms with E-state index in [2.05, 4.69) is 255 Å². The first-order valence-corrected chi connectivity index (χ1v) is 22.7. The van der Waals surface area contributed by atoms with Crippen molar-refractivity contribution < 1.29 is 0 Å². The highest BCUT2D eigenvalue weighted by Gasteiger charge is 2.52. The molecular formula is C65H42. The van der Waals surface area contributed by atoms with E-state index in [1.165, 1.54) is 122 Å². The van der Waals surface area contributed by atoms with Gasteiger partial charge in [0.15, 0.2) is 0 Å².